The summed E-state index contributed by atoms with van der Waals surface area (Å²) in [4.78, 5) is 8.20. The van der Waals surface area contributed by atoms with Crippen LogP contribution in [0.2, 0.25) is 0 Å². The average Bonchev–Trinajstić information content (AvgIpc) is 2.86. The summed E-state index contributed by atoms with van der Waals surface area (Å²) < 4.78 is 8.48. The van der Waals surface area contributed by atoms with E-state index in [1.165, 1.54) is 23.1 Å². The molecule has 1 aromatic carbocycles. The van der Waals surface area contributed by atoms with Crippen LogP contribution >= 0.6 is 50.8 Å². The fourth-order valence-corrected chi connectivity index (χ4v) is 4.44. The Labute approximate surface area is 144 Å². The van der Waals surface area contributed by atoms with Gasteiger partial charge in [0.25, 0.3) is 5.19 Å². The molecule has 0 aliphatic carbocycles. The fraction of sp³-hybridized carbons (Fsp3) is 0.308. The van der Waals surface area contributed by atoms with E-state index in [-0.39, 0.29) is 0 Å². The molecule has 21 heavy (non-hydrogen) atoms. The van der Waals surface area contributed by atoms with Gasteiger partial charge in [-0.15, -0.1) is 0 Å². The Balaban J connectivity index is 1.92. The maximum atomic E-state index is 8.65. The van der Waals surface area contributed by atoms with Crippen molar-refractivity contribution >= 4 is 65.4 Å². The molecule has 8 heteroatoms. The number of hydrogen-bond acceptors (Lipinski definition) is 7. The lowest BCUT2D eigenvalue weighted by Gasteiger charge is -2.03. The van der Waals surface area contributed by atoms with Crippen LogP contribution in [0.4, 0.5) is 0 Å². The number of aromatic nitrogens is 1. The van der Waals surface area contributed by atoms with Gasteiger partial charge in [0.05, 0.1) is 10.2 Å². The zero-order chi connectivity index (χ0) is 15.1. The van der Waals surface area contributed by atoms with Crippen molar-refractivity contribution in [1.29, 1.82) is 5.26 Å². The minimum atomic E-state index is 0.401. The van der Waals surface area contributed by atoms with Crippen LogP contribution in [-0.2, 0) is 0 Å². The third-order valence-corrected chi connectivity index (χ3v) is 5.92. The number of hydrogen-bond donors (Lipinski definition) is 0. The zero-order valence-corrected chi connectivity index (χ0v) is 15.2. The molecule has 0 spiro atoms. The number of nitriles is 1. The summed E-state index contributed by atoms with van der Waals surface area (Å²) in [6.45, 7) is 2.09. The molecule has 0 amide bonds. The molecule has 0 unspecified atom stereocenters. The third-order valence-electron chi connectivity index (χ3n) is 2.27. The molecule has 0 fully saturated rings. The van der Waals surface area contributed by atoms with Crippen LogP contribution < -0.4 is 4.74 Å². The second kappa shape index (κ2) is 8.63. The van der Waals surface area contributed by atoms with Gasteiger partial charge >= 0.3 is 0 Å². The number of thiazole rings is 1. The number of benzene rings is 1. The normalized spacial score (nSPS) is 11.6. The van der Waals surface area contributed by atoms with Gasteiger partial charge in [-0.1, -0.05) is 57.7 Å². The first-order valence-corrected chi connectivity index (χ1v) is 9.72. The van der Waals surface area contributed by atoms with E-state index in [0.29, 0.717) is 11.1 Å². The molecule has 4 nitrogen and oxygen atoms in total. The SMILES string of the molecule is CCCSC(=NC#N)SCOc1nc2ccc(Br)cc2s1. The lowest BCUT2D eigenvalue weighted by molar-refractivity contribution is 0.392. The van der Waals surface area contributed by atoms with Gasteiger partial charge in [0.15, 0.2) is 0 Å². The van der Waals surface area contributed by atoms with Crippen molar-refractivity contribution in [2.24, 2.45) is 4.99 Å². The Morgan fingerprint density at radius 1 is 1.52 bits per heavy atom. The standard InChI is InChI=1S/C13H12BrN3OS3/c1-2-5-19-13(16-7-15)20-8-18-12-17-10-4-3-9(14)6-11(10)21-12/h3-4,6H,2,5,8H2,1H3. The molecular weight excluding hydrogens is 390 g/mol. The summed E-state index contributed by atoms with van der Waals surface area (Å²) in [6.07, 6.45) is 2.87. The lowest BCUT2D eigenvalue weighted by atomic mass is 10.3. The van der Waals surface area contributed by atoms with E-state index in [4.69, 9.17) is 10.00 Å². The van der Waals surface area contributed by atoms with Crippen molar-refractivity contribution in [3.8, 4) is 11.4 Å². The quantitative estimate of drug-likeness (QED) is 0.301. The highest BCUT2D eigenvalue weighted by Gasteiger charge is 2.07. The van der Waals surface area contributed by atoms with E-state index in [1.807, 2.05) is 24.4 Å². The molecule has 110 valence electrons. The van der Waals surface area contributed by atoms with Crippen molar-refractivity contribution in [2.75, 3.05) is 11.7 Å². The van der Waals surface area contributed by atoms with Crippen LogP contribution in [0.5, 0.6) is 5.19 Å². The van der Waals surface area contributed by atoms with Gasteiger partial charge in [0.2, 0.25) is 6.19 Å². The number of fused-ring (bicyclic) bond motifs is 1. The fourth-order valence-electron chi connectivity index (χ4n) is 1.41. The van der Waals surface area contributed by atoms with Crippen LogP contribution in [0.15, 0.2) is 27.7 Å². The van der Waals surface area contributed by atoms with E-state index >= 15 is 0 Å². The second-order valence-corrected chi connectivity index (χ2v) is 7.99. The molecule has 0 radical (unpaired) electrons. The van der Waals surface area contributed by atoms with E-state index in [9.17, 15) is 0 Å². The minimum Gasteiger partial charge on any atom is -0.459 e. The van der Waals surface area contributed by atoms with Crippen LogP contribution in [-0.4, -0.2) is 21.1 Å². The number of ether oxygens (including phenoxy) is 1. The average molecular weight is 402 g/mol. The predicted octanol–water partition coefficient (Wildman–Crippen LogP) is 5.11. The first kappa shape index (κ1) is 16.6. The van der Waals surface area contributed by atoms with Gasteiger partial charge < -0.3 is 4.74 Å². The number of aliphatic imine (C=N–C) groups is 1. The van der Waals surface area contributed by atoms with Crippen LogP contribution in [0.3, 0.4) is 0 Å². The Bertz CT molecular complexity index is 681. The Kier molecular flexibility index (Phi) is 6.83. The molecule has 0 saturated heterocycles. The maximum Gasteiger partial charge on any atom is 0.275 e. The van der Waals surface area contributed by atoms with Crippen molar-refractivity contribution in [3.05, 3.63) is 22.7 Å². The lowest BCUT2D eigenvalue weighted by Crippen LogP contribution is -1.97. The minimum absolute atomic E-state index is 0.401. The molecule has 0 aliphatic heterocycles. The van der Waals surface area contributed by atoms with Crippen LogP contribution in [0, 0.1) is 11.5 Å². The second-order valence-electron chi connectivity index (χ2n) is 3.82. The molecular formula is C13H12BrN3OS3. The van der Waals surface area contributed by atoms with Crippen LogP contribution in [0.25, 0.3) is 10.2 Å². The van der Waals surface area contributed by atoms with Gasteiger partial charge in [-0.3, -0.25) is 0 Å². The number of halogens is 1. The molecule has 0 aliphatic rings. The highest BCUT2D eigenvalue weighted by atomic mass is 79.9. The summed E-state index contributed by atoms with van der Waals surface area (Å²) >= 11 is 7.94. The van der Waals surface area contributed by atoms with Crippen molar-refractivity contribution in [2.45, 2.75) is 13.3 Å². The molecule has 1 heterocycles. The summed E-state index contributed by atoms with van der Waals surface area (Å²) in [7, 11) is 0. The van der Waals surface area contributed by atoms with E-state index < -0.39 is 0 Å². The summed E-state index contributed by atoms with van der Waals surface area (Å²) in [6, 6.07) is 5.93. The summed E-state index contributed by atoms with van der Waals surface area (Å²) in [5.41, 5.74) is 0.925. The number of rotatable bonds is 5. The first-order chi connectivity index (χ1) is 10.2. The molecule has 1 aromatic heterocycles. The smallest absolute Gasteiger partial charge is 0.275 e. The molecule has 0 bridgehead atoms. The first-order valence-electron chi connectivity index (χ1n) is 6.14. The highest BCUT2D eigenvalue weighted by Crippen LogP contribution is 2.30. The molecule has 0 saturated carbocycles. The Hall–Kier alpha value is -0.750. The molecule has 2 rings (SSSR count). The number of thioether (sulfide) groups is 2. The summed E-state index contributed by atoms with van der Waals surface area (Å²) in [5.74, 6) is 1.35. The molecule has 0 atom stereocenters. The van der Waals surface area contributed by atoms with Gasteiger partial charge in [0.1, 0.15) is 10.3 Å². The van der Waals surface area contributed by atoms with E-state index in [1.54, 1.807) is 11.8 Å². The van der Waals surface area contributed by atoms with E-state index in [2.05, 4.69) is 32.8 Å². The predicted molar refractivity (Wildman–Crippen MR) is 96.2 cm³/mol. The van der Waals surface area contributed by atoms with Crippen molar-refractivity contribution < 1.29 is 4.74 Å². The third kappa shape index (κ3) is 5.18. The molecule has 2 aromatic rings. The van der Waals surface area contributed by atoms with Gasteiger partial charge in [-0.05, 0) is 30.4 Å². The largest absolute Gasteiger partial charge is 0.459 e. The summed E-state index contributed by atoms with van der Waals surface area (Å²) in [5, 5.41) is 9.29. The van der Waals surface area contributed by atoms with Gasteiger partial charge in [0, 0.05) is 4.47 Å². The van der Waals surface area contributed by atoms with Gasteiger partial charge in [-0.2, -0.15) is 10.3 Å². The zero-order valence-electron chi connectivity index (χ0n) is 11.2. The number of nitrogens with zero attached hydrogens (tertiary/aromatic N) is 3. The van der Waals surface area contributed by atoms with Crippen molar-refractivity contribution in [3.63, 3.8) is 0 Å². The van der Waals surface area contributed by atoms with Crippen molar-refractivity contribution in [1.82, 2.24) is 4.98 Å². The Morgan fingerprint density at radius 3 is 3.14 bits per heavy atom. The topological polar surface area (TPSA) is 58.3 Å². The van der Waals surface area contributed by atoms with E-state index in [0.717, 1.165) is 31.2 Å². The van der Waals surface area contributed by atoms with Gasteiger partial charge in [-0.25, -0.2) is 4.98 Å². The van der Waals surface area contributed by atoms with Crippen LogP contribution in [0.1, 0.15) is 13.3 Å². The monoisotopic (exact) mass is 401 g/mol. The molecule has 0 N–H and O–H groups in total. The Morgan fingerprint density at radius 2 is 2.38 bits per heavy atom. The highest BCUT2D eigenvalue weighted by molar-refractivity contribution is 9.10. The maximum absolute atomic E-state index is 8.65.